The Morgan fingerprint density at radius 1 is 1.12 bits per heavy atom. The Balaban J connectivity index is 1.76. The molecule has 0 bridgehead atoms. The molecule has 2 rings (SSSR count). The van der Waals surface area contributed by atoms with E-state index in [2.05, 4.69) is 17.6 Å². The molecule has 1 heterocycles. The first-order valence-electron chi connectivity index (χ1n) is 7.28. The molecule has 3 heteroatoms. The van der Waals surface area contributed by atoms with Crippen LogP contribution in [0.4, 0.5) is 0 Å². The molecule has 1 saturated carbocycles. The summed E-state index contributed by atoms with van der Waals surface area (Å²) >= 11 is 0. The molecular weight excluding hydrogens is 212 g/mol. The topological polar surface area (TPSA) is 41.1 Å². The number of nitrogens with one attached hydrogen (secondary N) is 2. The predicted molar refractivity (Wildman–Crippen MR) is 69.8 cm³/mol. The maximum Gasteiger partial charge on any atom is 0.223 e. The fourth-order valence-electron chi connectivity index (χ4n) is 3.18. The summed E-state index contributed by atoms with van der Waals surface area (Å²) < 4.78 is 0. The Hall–Kier alpha value is -0.570. The molecule has 3 nitrogen and oxygen atoms in total. The second-order valence-corrected chi connectivity index (χ2v) is 5.72. The van der Waals surface area contributed by atoms with Crippen LogP contribution >= 0.6 is 0 Å². The molecule has 1 saturated heterocycles. The lowest BCUT2D eigenvalue weighted by Crippen LogP contribution is -2.44. The average Bonchev–Trinajstić information content (AvgIpc) is 2.40. The summed E-state index contributed by atoms with van der Waals surface area (Å²) in [5, 5.41) is 6.56. The molecule has 2 N–H and O–H groups in total. The van der Waals surface area contributed by atoms with Gasteiger partial charge in [-0.2, -0.15) is 0 Å². The van der Waals surface area contributed by atoms with Crippen LogP contribution in [0.2, 0.25) is 0 Å². The van der Waals surface area contributed by atoms with Crippen molar-refractivity contribution < 1.29 is 4.79 Å². The van der Waals surface area contributed by atoms with Crippen LogP contribution in [0.5, 0.6) is 0 Å². The van der Waals surface area contributed by atoms with E-state index in [1.54, 1.807) is 0 Å². The SMILES string of the molecule is C[C@@H](NC(=O)C1CCNCC1)C1CCCCC1. The van der Waals surface area contributed by atoms with Crippen LogP contribution < -0.4 is 10.6 Å². The highest BCUT2D eigenvalue weighted by molar-refractivity contribution is 5.79. The minimum Gasteiger partial charge on any atom is -0.353 e. The second-order valence-electron chi connectivity index (χ2n) is 5.72. The van der Waals surface area contributed by atoms with Gasteiger partial charge in [0.15, 0.2) is 0 Å². The third kappa shape index (κ3) is 3.70. The zero-order valence-corrected chi connectivity index (χ0v) is 11.0. The Kier molecular flexibility index (Phi) is 4.84. The number of amides is 1. The zero-order valence-electron chi connectivity index (χ0n) is 11.0. The lowest BCUT2D eigenvalue weighted by Gasteiger charge is -2.30. The number of rotatable bonds is 3. The maximum absolute atomic E-state index is 12.1. The van der Waals surface area contributed by atoms with E-state index in [1.807, 2.05) is 0 Å². The maximum atomic E-state index is 12.1. The van der Waals surface area contributed by atoms with Gasteiger partial charge >= 0.3 is 0 Å². The average molecular weight is 238 g/mol. The van der Waals surface area contributed by atoms with E-state index in [4.69, 9.17) is 0 Å². The Morgan fingerprint density at radius 2 is 1.76 bits per heavy atom. The highest BCUT2D eigenvalue weighted by Crippen LogP contribution is 2.26. The number of hydrogen-bond acceptors (Lipinski definition) is 2. The molecule has 2 fully saturated rings. The highest BCUT2D eigenvalue weighted by atomic mass is 16.1. The first kappa shape index (κ1) is 12.9. The number of carbonyl (C=O) groups is 1. The molecule has 1 amide bonds. The van der Waals surface area contributed by atoms with Gasteiger partial charge in [-0.1, -0.05) is 19.3 Å². The third-order valence-corrected chi connectivity index (χ3v) is 4.44. The molecule has 1 aliphatic heterocycles. The molecule has 0 radical (unpaired) electrons. The van der Waals surface area contributed by atoms with Crippen LogP contribution in [0.1, 0.15) is 51.9 Å². The van der Waals surface area contributed by atoms with E-state index < -0.39 is 0 Å². The van der Waals surface area contributed by atoms with Gasteiger partial charge < -0.3 is 10.6 Å². The van der Waals surface area contributed by atoms with Crippen molar-refractivity contribution in [1.82, 2.24) is 10.6 Å². The van der Waals surface area contributed by atoms with Crippen molar-refractivity contribution in [2.24, 2.45) is 11.8 Å². The zero-order chi connectivity index (χ0) is 12.1. The van der Waals surface area contributed by atoms with Gasteiger partial charge in [0.2, 0.25) is 5.91 Å². The Labute approximate surface area is 105 Å². The van der Waals surface area contributed by atoms with Gasteiger partial charge in [0.1, 0.15) is 0 Å². The first-order chi connectivity index (χ1) is 8.27. The molecule has 0 aromatic carbocycles. The quantitative estimate of drug-likeness (QED) is 0.790. The minimum atomic E-state index is 0.252. The van der Waals surface area contributed by atoms with Crippen molar-refractivity contribution >= 4 is 5.91 Å². The summed E-state index contributed by atoms with van der Waals surface area (Å²) in [7, 11) is 0. The van der Waals surface area contributed by atoms with E-state index in [1.165, 1.54) is 32.1 Å². The van der Waals surface area contributed by atoms with Crippen LogP contribution in [0.15, 0.2) is 0 Å². The van der Waals surface area contributed by atoms with E-state index in [0.29, 0.717) is 11.9 Å². The van der Waals surface area contributed by atoms with Gasteiger partial charge in [-0.3, -0.25) is 4.79 Å². The Morgan fingerprint density at radius 3 is 2.41 bits per heavy atom. The van der Waals surface area contributed by atoms with E-state index in [0.717, 1.165) is 31.8 Å². The van der Waals surface area contributed by atoms with E-state index in [-0.39, 0.29) is 5.92 Å². The third-order valence-electron chi connectivity index (χ3n) is 4.44. The lowest BCUT2D eigenvalue weighted by molar-refractivity contribution is -0.126. The van der Waals surface area contributed by atoms with Gasteiger partial charge in [-0.05, 0) is 51.6 Å². The van der Waals surface area contributed by atoms with Crippen molar-refractivity contribution in [3.63, 3.8) is 0 Å². The Bertz CT molecular complexity index is 243. The van der Waals surface area contributed by atoms with Crippen LogP contribution in [0, 0.1) is 11.8 Å². The van der Waals surface area contributed by atoms with Gasteiger partial charge in [-0.15, -0.1) is 0 Å². The lowest BCUT2D eigenvalue weighted by atomic mass is 9.84. The van der Waals surface area contributed by atoms with Crippen LogP contribution in [-0.4, -0.2) is 25.0 Å². The summed E-state index contributed by atoms with van der Waals surface area (Å²) in [6.07, 6.45) is 8.68. The number of piperidine rings is 1. The highest BCUT2D eigenvalue weighted by Gasteiger charge is 2.25. The van der Waals surface area contributed by atoms with Gasteiger partial charge in [0.25, 0.3) is 0 Å². The second kappa shape index (κ2) is 6.39. The van der Waals surface area contributed by atoms with Crippen LogP contribution in [0.3, 0.4) is 0 Å². The van der Waals surface area contributed by atoms with E-state index in [9.17, 15) is 4.79 Å². The van der Waals surface area contributed by atoms with Gasteiger partial charge in [0, 0.05) is 12.0 Å². The van der Waals surface area contributed by atoms with Crippen molar-refractivity contribution in [1.29, 1.82) is 0 Å². The molecular formula is C14H26N2O. The minimum absolute atomic E-state index is 0.252. The fraction of sp³-hybridized carbons (Fsp3) is 0.929. The summed E-state index contributed by atoms with van der Waals surface area (Å²) in [5.41, 5.74) is 0. The molecule has 0 aromatic rings. The van der Waals surface area contributed by atoms with Gasteiger partial charge in [0.05, 0.1) is 0 Å². The molecule has 1 aliphatic carbocycles. The van der Waals surface area contributed by atoms with Crippen molar-refractivity contribution in [3.05, 3.63) is 0 Å². The normalized spacial score (nSPS) is 25.5. The molecule has 0 spiro atoms. The van der Waals surface area contributed by atoms with Crippen LogP contribution in [-0.2, 0) is 4.79 Å². The van der Waals surface area contributed by atoms with Gasteiger partial charge in [-0.25, -0.2) is 0 Å². The standard InChI is InChI=1S/C14H26N2O/c1-11(12-5-3-2-4-6-12)16-14(17)13-7-9-15-10-8-13/h11-13,15H,2-10H2,1H3,(H,16,17)/t11-/m1/s1. The van der Waals surface area contributed by atoms with E-state index >= 15 is 0 Å². The first-order valence-corrected chi connectivity index (χ1v) is 7.28. The smallest absolute Gasteiger partial charge is 0.223 e. The molecule has 1 atom stereocenters. The van der Waals surface area contributed by atoms with Crippen molar-refractivity contribution in [2.75, 3.05) is 13.1 Å². The van der Waals surface area contributed by atoms with Crippen molar-refractivity contribution in [2.45, 2.75) is 57.9 Å². The number of hydrogen-bond donors (Lipinski definition) is 2. The molecule has 0 aromatic heterocycles. The van der Waals surface area contributed by atoms with Crippen molar-refractivity contribution in [3.8, 4) is 0 Å². The molecule has 98 valence electrons. The molecule has 17 heavy (non-hydrogen) atoms. The fourth-order valence-corrected chi connectivity index (χ4v) is 3.18. The summed E-state index contributed by atoms with van der Waals surface area (Å²) in [6.45, 7) is 4.18. The molecule has 0 unspecified atom stereocenters. The predicted octanol–water partition coefficient (Wildman–Crippen LogP) is 2.07. The van der Waals surface area contributed by atoms with Crippen LogP contribution in [0.25, 0.3) is 0 Å². The summed E-state index contributed by atoms with van der Waals surface area (Å²) in [4.78, 5) is 12.1. The largest absolute Gasteiger partial charge is 0.353 e. The summed E-state index contributed by atoms with van der Waals surface area (Å²) in [5.74, 6) is 1.27. The number of carbonyl (C=O) groups excluding carboxylic acids is 1. The molecule has 2 aliphatic rings. The summed E-state index contributed by atoms with van der Waals surface area (Å²) in [6, 6.07) is 0.373. The monoisotopic (exact) mass is 238 g/mol.